The zero-order chi connectivity index (χ0) is 17.1. The molecule has 3 heterocycles. The third-order valence-electron chi connectivity index (χ3n) is 5.50. The summed E-state index contributed by atoms with van der Waals surface area (Å²) in [5.74, 6) is 2.55. The van der Waals surface area contributed by atoms with E-state index >= 15 is 0 Å². The van der Waals surface area contributed by atoms with Crippen LogP contribution < -0.4 is 4.90 Å². The maximum atomic E-state index is 12.1. The summed E-state index contributed by atoms with van der Waals surface area (Å²) in [7, 11) is 0. The van der Waals surface area contributed by atoms with Crippen molar-refractivity contribution in [3.05, 3.63) is 18.0 Å². The van der Waals surface area contributed by atoms with E-state index in [1.54, 1.807) is 0 Å². The molecule has 2 aliphatic heterocycles. The van der Waals surface area contributed by atoms with Gasteiger partial charge in [0, 0.05) is 44.5 Å². The van der Waals surface area contributed by atoms with E-state index in [0.29, 0.717) is 5.92 Å². The summed E-state index contributed by atoms with van der Waals surface area (Å²) in [5, 5.41) is 0. The molecule has 0 spiro atoms. The molecule has 0 aliphatic carbocycles. The number of piperidine rings is 2. The Balaban J connectivity index is 1.56. The summed E-state index contributed by atoms with van der Waals surface area (Å²) in [6.45, 7) is 10.1. The first-order valence-electron chi connectivity index (χ1n) is 9.40. The van der Waals surface area contributed by atoms with Crippen molar-refractivity contribution in [1.29, 1.82) is 0 Å². The SMILES string of the molecule is CC1CCN(c2ncc(C3CCN(C(=O)C(C)C)CC3)cn2)CC1. The number of likely N-dealkylation sites (tertiary alicyclic amines) is 1. The van der Waals surface area contributed by atoms with Crippen molar-refractivity contribution in [2.24, 2.45) is 11.8 Å². The van der Waals surface area contributed by atoms with E-state index in [0.717, 1.165) is 50.9 Å². The van der Waals surface area contributed by atoms with Gasteiger partial charge in [0.05, 0.1) is 0 Å². The summed E-state index contributed by atoms with van der Waals surface area (Å²) in [6.07, 6.45) is 8.50. The summed E-state index contributed by atoms with van der Waals surface area (Å²) in [6, 6.07) is 0. The monoisotopic (exact) mass is 330 g/mol. The molecule has 24 heavy (non-hydrogen) atoms. The number of carbonyl (C=O) groups excluding carboxylic acids is 1. The lowest BCUT2D eigenvalue weighted by Gasteiger charge is -2.33. The zero-order valence-electron chi connectivity index (χ0n) is 15.2. The van der Waals surface area contributed by atoms with Crippen LogP contribution in [0, 0.1) is 11.8 Å². The van der Waals surface area contributed by atoms with Crippen LogP contribution in [0.3, 0.4) is 0 Å². The molecule has 0 bridgehead atoms. The first kappa shape index (κ1) is 17.2. The van der Waals surface area contributed by atoms with E-state index in [9.17, 15) is 4.79 Å². The van der Waals surface area contributed by atoms with Crippen LogP contribution in [0.4, 0.5) is 5.95 Å². The van der Waals surface area contributed by atoms with Gasteiger partial charge in [-0.3, -0.25) is 4.79 Å². The molecule has 1 aromatic heterocycles. The second kappa shape index (κ2) is 7.49. The zero-order valence-corrected chi connectivity index (χ0v) is 15.2. The number of aromatic nitrogens is 2. The van der Waals surface area contributed by atoms with E-state index in [1.807, 2.05) is 31.1 Å². The average molecular weight is 330 g/mol. The highest BCUT2D eigenvalue weighted by molar-refractivity contribution is 5.78. The predicted molar refractivity (Wildman–Crippen MR) is 96.0 cm³/mol. The molecule has 0 N–H and O–H groups in total. The van der Waals surface area contributed by atoms with Gasteiger partial charge in [0.2, 0.25) is 11.9 Å². The summed E-state index contributed by atoms with van der Waals surface area (Å²) in [4.78, 5) is 25.6. The quantitative estimate of drug-likeness (QED) is 0.854. The normalized spacial score (nSPS) is 20.7. The Bertz CT molecular complexity index is 541. The van der Waals surface area contributed by atoms with Gasteiger partial charge < -0.3 is 9.80 Å². The smallest absolute Gasteiger partial charge is 0.225 e. The van der Waals surface area contributed by atoms with Crippen molar-refractivity contribution in [2.45, 2.75) is 52.4 Å². The van der Waals surface area contributed by atoms with Crippen molar-refractivity contribution in [3.8, 4) is 0 Å². The Labute approximate surface area is 145 Å². The van der Waals surface area contributed by atoms with Crippen LogP contribution >= 0.6 is 0 Å². The molecule has 2 aliphatic rings. The lowest BCUT2D eigenvalue weighted by atomic mass is 9.91. The molecule has 1 amide bonds. The molecule has 2 saturated heterocycles. The molecule has 3 rings (SSSR count). The van der Waals surface area contributed by atoms with Crippen LogP contribution in [0.15, 0.2) is 12.4 Å². The fourth-order valence-electron chi connectivity index (χ4n) is 3.71. The molecular weight excluding hydrogens is 300 g/mol. The minimum atomic E-state index is 0.0939. The molecule has 5 heteroatoms. The van der Waals surface area contributed by atoms with Gasteiger partial charge in [-0.05, 0) is 43.1 Å². The molecule has 1 aromatic rings. The number of hydrogen-bond acceptors (Lipinski definition) is 4. The maximum absolute atomic E-state index is 12.1. The van der Waals surface area contributed by atoms with Crippen LogP contribution in [-0.2, 0) is 4.79 Å². The second-order valence-corrected chi connectivity index (χ2v) is 7.74. The first-order valence-corrected chi connectivity index (χ1v) is 9.40. The number of anilines is 1. The van der Waals surface area contributed by atoms with Crippen molar-refractivity contribution in [1.82, 2.24) is 14.9 Å². The number of amides is 1. The van der Waals surface area contributed by atoms with Crippen LogP contribution in [0.2, 0.25) is 0 Å². The Morgan fingerprint density at radius 2 is 1.62 bits per heavy atom. The topological polar surface area (TPSA) is 49.3 Å². The standard InChI is InChI=1S/C19H30N4O/c1-14(2)18(24)22-10-6-16(7-11-22)17-12-20-19(21-13-17)23-8-4-15(3)5-9-23/h12-16H,4-11H2,1-3H3. The molecule has 2 fully saturated rings. The van der Waals surface area contributed by atoms with Gasteiger partial charge in [0.1, 0.15) is 0 Å². The molecule has 0 aromatic carbocycles. The van der Waals surface area contributed by atoms with Crippen LogP contribution in [0.25, 0.3) is 0 Å². The third kappa shape index (κ3) is 3.87. The fourth-order valence-corrected chi connectivity index (χ4v) is 3.71. The molecule has 0 radical (unpaired) electrons. The number of rotatable bonds is 3. The van der Waals surface area contributed by atoms with E-state index in [2.05, 4.69) is 21.8 Å². The second-order valence-electron chi connectivity index (χ2n) is 7.74. The molecule has 0 atom stereocenters. The number of carbonyl (C=O) groups is 1. The van der Waals surface area contributed by atoms with Crippen molar-refractivity contribution in [3.63, 3.8) is 0 Å². The average Bonchev–Trinajstić information content (AvgIpc) is 2.62. The van der Waals surface area contributed by atoms with Gasteiger partial charge >= 0.3 is 0 Å². The number of nitrogens with zero attached hydrogens (tertiary/aromatic N) is 4. The van der Waals surface area contributed by atoms with Crippen LogP contribution in [-0.4, -0.2) is 47.0 Å². The molecule has 5 nitrogen and oxygen atoms in total. The predicted octanol–water partition coefficient (Wildman–Crippen LogP) is 3.07. The van der Waals surface area contributed by atoms with Crippen LogP contribution in [0.1, 0.15) is 57.9 Å². The lowest BCUT2D eigenvalue weighted by molar-refractivity contribution is -0.135. The van der Waals surface area contributed by atoms with E-state index in [4.69, 9.17) is 0 Å². The highest BCUT2D eigenvalue weighted by Crippen LogP contribution is 2.28. The summed E-state index contributed by atoms with van der Waals surface area (Å²) < 4.78 is 0. The fraction of sp³-hybridized carbons (Fsp3) is 0.737. The third-order valence-corrected chi connectivity index (χ3v) is 5.50. The molecule has 0 unspecified atom stereocenters. The minimum absolute atomic E-state index is 0.0939. The largest absolute Gasteiger partial charge is 0.342 e. The van der Waals surface area contributed by atoms with Crippen molar-refractivity contribution in [2.75, 3.05) is 31.1 Å². The lowest BCUT2D eigenvalue weighted by Crippen LogP contribution is -2.40. The number of hydrogen-bond donors (Lipinski definition) is 0. The van der Waals surface area contributed by atoms with E-state index in [-0.39, 0.29) is 11.8 Å². The van der Waals surface area contributed by atoms with E-state index in [1.165, 1.54) is 18.4 Å². The van der Waals surface area contributed by atoms with Gasteiger partial charge in [-0.25, -0.2) is 9.97 Å². The molecule has 132 valence electrons. The van der Waals surface area contributed by atoms with Gasteiger partial charge in [0.15, 0.2) is 0 Å². The van der Waals surface area contributed by atoms with Gasteiger partial charge in [-0.2, -0.15) is 0 Å². The van der Waals surface area contributed by atoms with Crippen LogP contribution in [0.5, 0.6) is 0 Å². The minimum Gasteiger partial charge on any atom is -0.342 e. The molecular formula is C19H30N4O. The first-order chi connectivity index (χ1) is 11.5. The highest BCUT2D eigenvalue weighted by atomic mass is 16.2. The Morgan fingerprint density at radius 3 is 2.17 bits per heavy atom. The Morgan fingerprint density at radius 1 is 1.04 bits per heavy atom. The van der Waals surface area contributed by atoms with E-state index < -0.39 is 0 Å². The van der Waals surface area contributed by atoms with Crippen molar-refractivity contribution < 1.29 is 4.79 Å². The Kier molecular flexibility index (Phi) is 5.36. The van der Waals surface area contributed by atoms with Gasteiger partial charge in [0.25, 0.3) is 0 Å². The summed E-state index contributed by atoms with van der Waals surface area (Å²) in [5.41, 5.74) is 1.22. The van der Waals surface area contributed by atoms with Gasteiger partial charge in [-0.1, -0.05) is 20.8 Å². The molecule has 0 saturated carbocycles. The maximum Gasteiger partial charge on any atom is 0.225 e. The van der Waals surface area contributed by atoms with Gasteiger partial charge in [-0.15, -0.1) is 0 Å². The van der Waals surface area contributed by atoms with Crippen molar-refractivity contribution >= 4 is 11.9 Å². The highest BCUT2D eigenvalue weighted by Gasteiger charge is 2.26. The summed E-state index contributed by atoms with van der Waals surface area (Å²) >= 11 is 0. The Hall–Kier alpha value is -1.65.